The fraction of sp³-hybridized carbons (Fsp3) is 0.500. The van der Waals surface area contributed by atoms with Crippen LogP contribution in [0.3, 0.4) is 0 Å². The predicted octanol–water partition coefficient (Wildman–Crippen LogP) is 1.54. The van der Waals surface area contributed by atoms with Crippen LogP contribution in [0.5, 0.6) is 0 Å². The number of aliphatic hydroxyl groups is 1. The summed E-state index contributed by atoms with van der Waals surface area (Å²) in [7, 11) is 0. The van der Waals surface area contributed by atoms with Crippen LogP contribution in [0.25, 0.3) is 0 Å². The Labute approximate surface area is 90.5 Å². The molecule has 1 saturated heterocycles. The predicted molar refractivity (Wildman–Crippen MR) is 63.0 cm³/mol. The number of hydrogen-bond donors (Lipinski definition) is 2. The van der Waals surface area contributed by atoms with E-state index in [0.717, 1.165) is 25.1 Å². The first-order valence-electron chi connectivity index (χ1n) is 5.46. The second kappa shape index (κ2) is 4.11. The first-order chi connectivity index (χ1) is 7.22. The molecular weight excluding hydrogens is 188 g/mol. The highest BCUT2D eigenvalue weighted by molar-refractivity contribution is 5.60. The Bertz CT molecular complexity index is 351. The molecule has 1 atom stereocenters. The van der Waals surface area contributed by atoms with Gasteiger partial charge in [0.25, 0.3) is 0 Å². The van der Waals surface area contributed by atoms with Gasteiger partial charge in [-0.15, -0.1) is 0 Å². The van der Waals surface area contributed by atoms with Crippen molar-refractivity contribution in [2.75, 3.05) is 23.8 Å². The number of aliphatic hydroxyl groups excluding tert-OH is 1. The molecule has 1 aromatic carbocycles. The average molecular weight is 206 g/mol. The van der Waals surface area contributed by atoms with E-state index in [0.29, 0.717) is 0 Å². The third-order valence-corrected chi connectivity index (χ3v) is 3.12. The van der Waals surface area contributed by atoms with Gasteiger partial charge in [0.1, 0.15) is 0 Å². The number of hydrogen-bond acceptors (Lipinski definition) is 3. The minimum atomic E-state index is 0.240. The highest BCUT2D eigenvalue weighted by Gasteiger charge is 2.24. The van der Waals surface area contributed by atoms with E-state index in [1.165, 1.54) is 11.3 Å². The van der Waals surface area contributed by atoms with Crippen LogP contribution in [-0.4, -0.2) is 24.3 Å². The van der Waals surface area contributed by atoms with Crippen LogP contribution in [0, 0.1) is 6.92 Å². The Balaban J connectivity index is 2.28. The van der Waals surface area contributed by atoms with E-state index in [1.807, 2.05) is 12.1 Å². The number of nitrogen functional groups attached to an aromatic ring is 1. The van der Waals surface area contributed by atoms with Crippen molar-refractivity contribution >= 4 is 11.4 Å². The number of anilines is 2. The van der Waals surface area contributed by atoms with E-state index >= 15 is 0 Å². The van der Waals surface area contributed by atoms with Crippen LogP contribution in [0.1, 0.15) is 18.4 Å². The fourth-order valence-electron chi connectivity index (χ4n) is 2.34. The molecule has 3 N–H and O–H groups in total. The lowest BCUT2D eigenvalue weighted by molar-refractivity contribution is 0.266. The second-order valence-electron chi connectivity index (χ2n) is 4.22. The Morgan fingerprint density at radius 3 is 3.00 bits per heavy atom. The topological polar surface area (TPSA) is 49.5 Å². The minimum absolute atomic E-state index is 0.240. The average Bonchev–Trinajstić information content (AvgIpc) is 2.65. The number of benzene rings is 1. The minimum Gasteiger partial charge on any atom is -0.399 e. The molecule has 1 aliphatic heterocycles. The van der Waals surface area contributed by atoms with E-state index in [9.17, 15) is 5.11 Å². The lowest BCUT2D eigenvalue weighted by Crippen LogP contribution is -2.32. The Morgan fingerprint density at radius 1 is 1.53 bits per heavy atom. The van der Waals surface area contributed by atoms with Gasteiger partial charge in [-0.1, -0.05) is 0 Å². The Kier molecular flexibility index (Phi) is 2.82. The molecular formula is C12H18N2O. The van der Waals surface area contributed by atoms with Gasteiger partial charge in [0.05, 0.1) is 12.6 Å². The van der Waals surface area contributed by atoms with E-state index in [1.54, 1.807) is 0 Å². The normalized spacial score (nSPS) is 20.9. The second-order valence-corrected chi connectivity index (χ2v) is 4.22. The number of rotatable bonds is 2. The molecule has 0 saturated carbocycles. The van der Waals surface area contributed by atoms with Gasteiger partial charge in [0, 0.05) is 17.9 Å². The van der Waals surface area contributed by atoms with Crippen molar-refractivity contribution in [3.8, 4) is 0 Å². The highest BCUT2D eigenvalue weighted by atomic mass is 16.3. The van der Waals surface area contributed by atoms with E-state index in [4.69, 9.17) is 5.73 Å². The third-order valence-electron chi connectivity index (χ3n) is 3.12. The largest absolute Gasteiger partial charge is 0.399 e. The van der Waals surface area contributed by atoms with Crippen LogP contribution in [0.4, 0.5) is 11.4 Å². The van der Waals surface area contributed by atoms with Gasteiger partial charge in [-0.3, -0.25) is 0 Å². The molecule has 0 amide bonds. The standard InChI is InChI=1S/C12H18N2O/c1-9-7-10(13)4-5-12(9)14-6-2-3-11(14)8-15/h4-5,7,11,15H,2-3,6,8,13H2,1H3. The molecule has 1 aliphatic rings. The zero-order chi connectivity index (χ0) is 10.8. The molecule has 1 fully saturated rings. The molecule has 1 unspecified atom stereocenters. The molecule has 82 valence electrons. The summed E-state index contributed by atoms with van der Waals surface area (Å²) in [5.41, 5.74) is 8.93. The zero-order valence-corrected chi connectivity index (χ0v) is 9.11. The van der Waals surface area contributed by atoms with E-state index < -0.39 is 0 Å². The first-order valence-corrected chi connectivity index (χ1v) is 5.46. The van der Waals surface area contributed by atoms with Crippen molar-refractivity contribution in [2.45, 2.75) is 25.8 Å². The zero-order valence-electron chi connectivity index (χ0n) is 9.11. The molecule has 2 rings (SSSR count). The highest BCUT2D eigenvalue weighted by Crippen LogP contribution is 2.29. The van der Waals surface area contributed by atoms with Crippen molar-refractivity contribution < 1.29 is 5.11 Å². The lowest BCUT2D eigenvalue weighted by atomic mass is 10.1. The third kappa shape index (κ3) is 1.92. The van der Waals surface area contributed by atoms with Crippen molar-refractivity contribution in [2.24, 2.45) is 0 Å². The van der Waals surface area contributed by atoms with Gasteiger partial charge in [-0.05, 0) is 43.5 Å². The van der Waals surface area contributed by atoms with Gasteiger partial charge in [0.2, 0.25) is 0 Å². The van der Waals surface area contributed by atoms with Crippen LogP contribution >= 0.6 is 0 Å². The van der Waals surface area contributed by atoms with Gasteiger partial charge in [0.15, 0.2) is 0 Å². The first kappa shape index (κ1) is 10.3. The van der Waals surface area contributed by atoms with Gasteiger partial charge < -0.3 is 15.7 Å². The summed E-state index contributed by atoms with van der Waals surface area (Å²) in [4.78, 5) is 2.29. The molecule has 0 spiro atoms. The van der Waals surface area contributed by atoms with Crippen molar-refractivity contribution in [3.05, 3.63) is 23.8 Å². The molecule has 3 heteroatoms. The number of nitrogens with two attached hydrogens (primary N) is 1. The van der Waals surface area contributed by atoms with Crippen molar-refractivity contribution in [1.29, 1.82) is 0 Å². The monoisotopic (exact) mass is 206 g/mol. The van der Waals surface area contributed by atoms with Crippen LogP contribution in [0.2, 0.25) is 0 Å². The quantitative estimate of drug-likeness (QED) is 0.722. The lowest BCUT2D eigenvalue weighted by Gasteiger charge is -2.27. The molecule has 0 aliphatic carbocycles. The van der Waals surface area contributed by atoms with E-state index in [2.05, 4.69) is 17.9 Å². The maximum absolute atomic E-state index is 9.28. The molecule has 1 aromatic rings. The number of aryl methyl sites for hydroxylation is 1. The summed E-state index contributed by atoms with van der Waals surface area (Å²) >= 11 is 0. The summed E-state index contributed by atoms with van der Waals surface area (Å²) in [5.74, 6) is 0. The molecule has 0 bridgehead atoms. The summed E-state index contributed by atoms with van der Waals surface area (Å²) in [6.07, 6.45) is 2.25. The SMILES string of the molecule is Cc1cc(N)ccc1N1CCCC1CO. The van der Waals surface area contributed by atoms with Crippen LogP contribution < -0.4 is 10.6 Å². The van der Waals surface area contributed by atoms with Gasteiger partial charge in [-0.2, -0.15) is 0 Å². The summed E-state index contributed by atoms with van der Waals surface area (Å²) in [6, 6.07) is 6.25. The Hall–Kier alpha value is -1.22. The maximum Gasteiger partial charge on any atom is 0.0635 e. The molecule has 0 radical (unpaired) electrons. The van der Waals surface area contributed by atoms with Gasteiger partial charge in [-0.25, -0.2) is 0 Å². The summed E-state index contributed by atoms with van der Waals surface area (Å²) in [5, 5.41) is 9.28. The van der Waals surface area contributed by atoms with E-state index in [-0.39, 0.29) is 12.6 Å². The molecule has 3 nitrogen and oxygen atoms in total. The fourth-order valence-corrected chi connectivity index (χ4v) is 2.34. The van der Waals surface area contributed by atoms with Crippen LogP contribution in [-0.2, 0) is 0 Å². The summed E-state index contributed by atoms with van der Waals surface area (Å²) < 4.78 is 0. The smallest absolute Gasteiger partial charge is 0.0635 e. The van der Waals surface area contributed by atoms with Crippen molar-refractivity contribution in [1.82, 2.24) is 0 Å². The maximum atomic E-state index is 9.28. The van der Waals surface area contributed by atoms with Crippen LogP contribution in [0.15, 0.2) is 18.2 Å². The Morgan fingerprint density at radius 2 is 2.33 bits per heavy atom. The van der Waals surface area contributed by atoms with Gasteiger partial charge >= 0.3 is 0 Å². The molecule has 15 heavy (non-hydrogen) atoms. The van der Waals surface area contributed by atoms with Crippen molar-refractivity contribution in [3.63, 3.8) is 0 Å². The molecule has 1 heterocycles. The molecule has 0 aromatic heterocycles. The number of nitrogens with zero attached hydrogens (tertiary/aromatic N) is 1. The summed E-state index contributed by atoms with van der Waals surface area (Å²) in [6.45, 7) is 3.35.